The summed E-state index contributed by atoms with van der Waals surface area (Å²) in [5.41, 5.74) is 0. The number of aryl methyl sites for hydroxylation is 1. The highest BCUT2D eigenvalue weighted by Crippen LogP contribution is 2.11. The second-order valence-corrected chi connectivity index (χ2v) is 5.79. The number of halogens is 1. The minimum absolute atomic E-state index is 0. The maximum absolute atomic E-state index is 2.33. The number of benzene rings is 1. The molecule has 1 aromatic carbocycles. The van der Waals surface area contributed by atoms with E-state index in [1.54, 1.807) is 0 Å². The van der Waals surface area contributed by atoms with Crippen LogP contribution in [0.3, 0.4) is 0 Å². The molecule has 1 aromatic heterocycles. The monoisotopic (exact) mass is 349 g/mol. The van der Waals surface area contributed by atoms with Crippen molar-refractivity contribution in [1.82, 2.24) is 0 Å². The zero-order chi connectivity index (χ0) is 14.0. The Morgan fingerprint density at radius 2 is 1.38 bits per heavy atom. The van der Waals surface area contributed by atoms with E-state index in [0.29, 0.717) is 0 Å². The minimum atomic E-state index is 0. The van der Waals surface area contributed by atoms with Gasteiger partial charge in [0.25, 0.3) is 0 Å². The zero-order valence-electron chi connectivity index (χ0n) is 13.2. The molecule has 0 saturated heterocycles. The van der Waals surface area contributed by atoms with E-state index in [-0.39, 0.29) is 17.0 Å². The number of unbranched alkanes of at least 4 members (excludes halogenated alkanes) is 7. The van der Waals surface area contributed by atoms with Gasteiger partial charge in [-0.1, -0.05) is 63.6 Å². The Labute approximate surface area is 140 Å². The summed E-state index contributed by atoms with van der Waals surface area (Å²) in [6.07, 6.45) is 15.6. The predicted octanol–water partition coefficient (Wildman–Crippen LogP) is 2.27. The molecular formula is C19H28BrN. The van der Waals surface area contributed by atoms with Gasteiger partial charge < -0.3 is 17.0 Å². The lowest BCUT2D eigenvalue weighted by Crippen LogP contribution is -3.00. The Morgan fingerprint density at radius 3 is 2.10 bits per heavy atom. The summed E-state index contributed by atoms with van der Waals surface area (Å²) in [6.45, 7) is 3.43. The van der Waals surface area contributed by atoms with Gasteiger partial charge >= 0.3 is 0 Å². The Hall–Kier alpha value is -0.890. The molecule has 1 nitrogen and oxygen atoms in total. The summed E-state index contributed by atoms with van der Waals surface area (Å²) in [4.78, 5) is 0. The van der Waals surface area contributed by atoms with Crippen LogP contribution in [0.25, 0.3) is 10.8 Å². The quantitative estimate of drug-likeness (QED) is 0.483. The fourth-order valence-electron chi connectivity index (χ4n) is 2.75. The first-order chi connectivity index (χ1) is 9.90. The molecule has 0 spiro atoms. The van der Waals surface area contributed by atoms with Crippen molar-refractivity contribution in [3.05, 3.63) is 42.7 Å². The van der Waals surface area contributed by atoms with Crippen LogP contribution >= 0.6 is 0 Å². The molecule has 2 heteroatoms. The molecule has 0 N–H and O–H groups in total. The highest BCUT2D eigenvalue weighted by Gasteiger charge is 2.02. The van der Waals surface area contributed by atoms with Crippen molar-refractivity contribution in [2.24, 2.45) is 0 Å². The summed E-state index contributed by atoms with van der Waals surface area (Å²) in [6, 6.07) is 10.8. The number of aromatic nitrogens is 1. The molecule has 0 unspecified atom stereocenters. The van der Waals surface area contributed by atoms with Crippen molar-refractivity contribution in [3.8, 4) is 0 Å². The van der Waals surface area contributed by atoms with Crippen LogP contribution in [0.5, 0.6) is 0 Å². The van der Waals surface area contributed by atoms with Crippen LogP contribution in [0.2, 0.25) is 0 Å². The zero-order valence-corrected chi connectivity index (χ0v) is 14.8. The van der Waals surface area contributed by atoms with E-state index in [2.05, 4.69) is 54.2 Å². The topological polar surface area (TPSA) is 3.88 Å². The molecule has 0 radical (unpaired) electrons. The van der Waals surface area contributed by atoms with E-state index in [1.165, 1.54) is 62.1 Å². The number of nitrogens with zero attached hydrogens (tertiary/aromatic N) is 1. The molecular weight excluding hydrogens is 322 g/mol. The van der Waals surface area contributed by atoms with E-state index < -0.39 is 0 Å². The molecule has 2 aromatic rings. The van der Waals surface area contributed by atoms with Gasteiger partial charge in [-0.3, -0.25) is 0 Å². The Balaban J connectivity index is 0.00000220. The summed E-state index contributed by atoms with van der Waals surface area (Å²) in [5, 5.41) is 2.68. The lowest BCUT2D eigenvalue weighted by Gasteiger charge is -2.01. The highest BCUT2D eigenvalue weighted by molar-refractivity contribution is 5.80. The van der Waals surface area contributed by atoms with Gasteiger partial charge in [-0.05, 0) is 17.9 Å². The van der Waals surface area contributed by atoms with Crippen LogP contribution in [-0.4, -0.2) is 0 Å². The van der Waals surface area contributed by atoms with Gasteiger partial charge in [-0.2, -0.15) is 0 Å². The molecule has 21 heavy (non-hydrogen) atoms. The first-order valence-electron chi connectivity index (χ1n) is 8.28. The maximum Gasteiger partial charge on any atom is 0.176 e. The second-order valence-electron chi connectivity index (χ2n) is 5.79. The van der Waals surface area contributed by atoms with Crippen molar-refractivity contribution in [1.29, 1.82) is 0 Å². The fourth-order valence-corrected chi connectivity index (χ4v) is 2.75. The SMILES string of the molecule is CCCCCCCCCC[n+]1ccc2ccccc2c1.[Br-]. The third-order valence-corrected chi connectivity index (χ3v) is 4.02. The average Bonchev–Trinajstić information content (AvgIpc) is 2.50. The van der Waals surface area contributed by atoms with Crippen LogP contribution in [0.15, 0.2) is 42.7 Å². The number of hydrogen-bond acceptors (Lipinski definition) is 0. The van der Waals surface area contributed by atoms with E-state index in [0.717, 1.165) is 6.54 Å². The third-order valence-electron chi connectivity index (χ3n) is 4.02. The van der Waals surface area contributed by atoms with Crippen LogP contribution < -0.4 is 21.5 Å². The molecule has 0 fully saturated rings. The molecule has 0 saturated carbocycles. The molecule has 0 bridgehead atoms. The predicted molar refractivity (Wildman–Crippen MR) is 86.8 cm³/mol. The van der Waals surface area contributed by atoms with Gasteiger partial charge in [0.1, 0.15) is 6.54 Å². The largest absolute Gasteiger partial charge is 1.00 e. The molecule has 0 amide bonds. The van der Waals surface area contributed by atoms with Gasteiger partial charge in [0.2, 0.25) is 0 Å². The molecule has 1 heterocycles. The highest BCUT2D eigenvalue weighted by atomic mass is 79.9. The van der Waals surface area contributed by atoms with Gasteiger partial charge in [0, 0.05) is 17.9 Å². The fraction of sp³-hybridized carbons (Fsp3) is 0.526. The van der Waals surface area contributed by atoms with Crippen molar-refractivity contribution in [2.75, 3.05) is 0 Å². The van der Waals surface area contributed by atoms with Crippen LogP contribution in [0, 0.1) is 0 Å². The lowest BCUT2D eigenvalue weighted by molar-refractivity contribution is -0.696. The average molecular weight is 350 g/mol. The molecule has 0 aliphatic carbocycles. The summed E-state index contributed by atoms with van der Waals surface area (Å²) in [5.74, 6) is 0. The number of pyridine rings is 1. The Bertz CT molecular complexity index is 510. The van der Waals surface area contributed by atoms with Crippen LogP contribution in [0.1, 0.15) is 58.3 Å². The molecule has 116 valence electrons. The summed E-state index contributed by atoms with van der Waals surface area (Å²) < 4.78 is 2.33. The minimum Gasteiger partial charge on any atom is -1.00 e. The normalized spacial score (nSPS) is 10.5. The number of rotatable bonds is 9. The van der Waals surface area contributed by atoms with Crippen molar-refractivity contribution >= 4 is 10.8 Å². The second kappa shape index (κ2) is 10.8. The van der Waals surface area contributed by atoms with E-state index in [4.69, 9.17) is 0 Å². The third kappa shape index (κ3) is 6.60. The summed E-state index contributed by atoms with van der Waals surface area (Å²) in [7, 11) is 0. The van der Waals surface area contributed by atoms with Crippen LogP contribution in [0.4, 0.5) is 0 Å². The van der Waals surface area contributed by atoms with Gasteiger partial charge in [-0.25, -0.2) is 4.57 Å². The van der Waals surface area contributed by atoms with E-state index in [1.807, 2.05) is 0 Å². The smallest absolute Gasteiger partial charge is 0.176 e. The van der Waals surface area contributed by atoms with Crippen molar-refractivity contribution in [2.45, 2.75) is 64.8 Å². The Morgan fingerprint density at radius 1 is 0.762 bits per heavy atom. The first-order valence-corrected chi connectivity index (χ1v) is 8.28. The van der Waals surface area contributed by atoms with E-state index >= 15 is 0 Å². The van der Waals surface area contributed by atoms with Crippen molar-refractivity contribution < 1.29 is 21.5 Å². The van der Waals surface area contributed by atoms with Crippen molar-refractivity contribution in [3.63, 3.8) is 0 Å². The molecule has 0 aliphatic rings. The van der Waals surface area contributed by atoms with Crippen LogP contribution in [-0.2, 0) is 6.54 Å². The van der Waals surface area contributed by atoms with Gasteiger partial charge in [-0.15, -0.1) is 0 Å². The number of fused-ring (bicyclic) bond motifs is 1. The summed E-state index contributed by atoms with van der Waals surface area (Å²) >= 11 is 0. The molecule has 0 atom stereocenters. The van der Waals surface area contributed by atoms with Gasteiger partial charge in [0.15, 0.2) is 12.4 Å². The first kappa shape index (κ1) is 18.2. The van der Waals surface area contributed by atoms with Gasteiger partial charge in [0.05, 0.1) is 0 Å². The molecule has 0 aliphatic heterocycles. The standard InChI is InChI=1S/C19H28N.BrH/c1-2-3-4-5-6-7-8-11-15-20-16-14-18-12-9-10-13-19(18)17-20;/h9-10,12-14,16-17H,2-8,11,15H2,1H3;1H/q+1;/p-1. The number of hydrogen-bond donors (Lipinski definition) is 0. The lowest BCUT2D eigenvalue weighted by atomic mass is 10.1. The maximum atomic E-state index is 2.33. The Kier molecular flexibility index (Phi) is 9.32. The van der Waals surface area contributed by atoms with E-state index in [9.17, 15) is 0 Å². The molecule has 2 rings (SSSR count).